The second-order valence-corrected chi connectivity index (χ2v) is 2.30. The first kappa shape index (κ1) is 6.22. The molecule has 3 nitrogen and oxygen atoms in total. The van der Waals surface area contributed by atoms with E-state index in [0.29, 0.717) is 0 Å². The zero-order valence-corrected chi connectivity index (χ0v) is 5.77. The largest absolute Gasteiger partial charge is 0.299 e. The van der Waals surface area contributed by atoms with E-state index in [1.807, 2.05) is 24.3 Å². The van der Waals surface area contributed by atoms with E-state index in [2.05, 4.69) is 9.98 Å². The van der Waals surface area contributed by atoms with Gasteiger partial charge >= 0.3 is 0 Å². The fraction of sp³-hybridized carbons (Fsp3) is 0.125. The predicted octanol–water partition coefficient (Wildman–Crippen LogP) is -0.536. The van der Waals surface area contributed by atoms with Crippen LogP contribution in [0.1, 0.15) is 0 Å². The summed E-state index contributed by atoms with van der Waals surface area (Å²) in [5.74, 6) is 0. The molecule has 0 bridgehead atoms. The molecule has 1 aromatic rings. The summed E-state index contributed by atoms with van der Waals surface area (Å²) >= 11 is 0. The van der Waals surface area contributed by atoms with Gasteiger partial charge in [-0.3, -0.25) is 4.79 Å². The van der Waals surface area contributed by atoms with E-state index in [-0.39, 0.29) is 0 Å². The number of rotatable bonds is 1. The first-order valence-corrected chi connectivity index (χ1v) is 3.36. The molecule has 0 unspecified atom stereocenters. The average Bonchev–Trinajstić information content (AvgIpc) is 2.46. The van der Waals surface area contributed by atoms with E-state index in [1.165, 1.54) is 0 Å². The van der Waals surface area contributed by atoms with Gasteiger partial charge in [0.1, 0.15) is 0 Å². The van der Waals surface area contributed by atoms with Crippen LogP contribution in [0.2, 0.25) is 0 Å². The SMILES string of the molecule is O=CC1N=c2ccccc2=N1. The summed E-state index contributed by atoms with van der Waals surface area (Å²) in [6, 6.07) is 7.46. The average molecular weight is 146 g/mol. The summed E-state index contributed by atoms with van der Waals surface area (Å²) in [5, 5.41) is 1.62. The summed E-state index contributed by atoms with van der Waals surface area (Å²) in [7, 11) is 0. The van der Waals surface area contributed by atoms with Gasteiger partial charge < -0.3 is 0 Å². The van der Waals surface area contributed by atoms with Gasteiger partial charge in [0.25, 0.3) is 0 Å². The summed E-state index contributed by atoms with van der Waals surface area (Å²) in [5.41, 5.74) is 0. The fourth-order valence-electron chi connectivity index (χ4n) is 1.06. The lowest BCUT2D eigenvalue weighted by atomic mass is 10.3. The highest BCUT2D eigenvalue weighted by atomic mass is 16.1. The summed E-state index contributed by atoms with van der Waals surface area (Å²) in [4.78, 5) is 18.4. The van der Waals surface area contributed by atoms with E-state index in [1.54, 1.807) is 0 Å². The van der Waals surface area contributed by atoms with E-state index >= 15 is 0 Å². The molecule has 0 saturated carbocycles. The Labute approximate surface area is 63.1 Å². The van der Waals surface area contributed by atoms with Crippen molar-refractivity contribution in [3.05, 3.63) is 35.0 Å². The third-order valence-corrected chi connectivity index (χ3v) is 1.55. The molecule has 3 heteroatoms. The number of nitrogens with zero attached hydrogens (tertiary/aromatic N) is 2. The Balaban J connectivity index is 2.70. The van der Waals surface area contributed by atoms with Crippen LogP contribution in [-0.2, 0) is 4.79 Å². The van der Waals surface area contributed by atoms with Crippen molar-refractivity contribution in [1.82, 2.24) is 0 Å². The van der Waals surface area contributed by atoms with Crippen LogP contribution in [0.15, 0.2) is 34.3 Å². The molecule has 0 atom stereocenters. The fourth-order valence-corrected chi connectivity index (χ4v) is 1.06. The number of carbonyl (C=O) groups excluding carboxylic acids is 1. The van der Waals surface area contributed by atoms with Gasteiger partial charge in [0.05, 0.1) is 10.7 Å². The Morgan fingerprint density at radius 2 is 1.73 bits per heavy atom. The van der Waals surface area contributed by atoms with Gasteiger partial charge in [-0.25, -0.2) is 9.98 Å². The van der Waals surface area contributed by atoms with Gasteiger partial charge in [-0.2, -0.15) is 0 Å². The van der Waals surface area contributed by atoms with Crippen LogP contribution in [0, 0.1) is 0 Å². The molecule has 0 radical (unpaired) electrons. The number of aldehydes is 1. The second kappa shape index (κ2) is 2.27. The second-order valence-electron chi connectivity index (χ2n) is 2.30. The molecule has 1 heterocycles. The topological polar surface area (TPSA) is 41.8 Å². The highest BCUT2D eigenvalue weighted by Gasteiger charge is 2.05. The first-order valence-electron chi connectivity index (χ1n) is 3.36. The maximum atomic E-state index is 10.3. The summed E-state index contributed by atoms with van der Waals surface area (Å²) in [6.07, 6.45) is 0.229. The minimum absolute atomic E-state index is 0.507. The van der Waals surface area contributed by atoms with Gasteiger partial charge in [0.15, 0.2) is 12.5 Å². The minimum Gasteiger partial charge on any atom is -0.299 e. The molecule has 1 aliphatic heterocycles. The van der Waals surface area contributed by atoms with Gasteiger partial charge in [-0.05, 0) is 12.1 Å². The number of hydrogen-bond acceptors (Lipinski definition) is 3. The normalized spacial score (nSPS) is 14.9. The molecule has 1 aromatic carbocycles. The van der Waals surface area contributed by atoms with Crippen LogP contribution in [0.25, 0.3) is 0 Å². The van der Waals surface area contributed by atoms with Crippen molar-refractivity contribution < 1.29 is 4.79 Å². The lowest BCUT2D eigenvalue weighted by Crippen LogP contribution is -2.19. The van der Waals surface area contributed by atoms with Crippen LogP contribution in [-0.4, -0.2) is 12.5 Å². The maximum absolute atomic E-state index is 10.3. The molecule has 0 fully saturated rings. The van der Waals surface area contributed by atoms with Crippen molar-refractivity contribution in [2.24, 2.45) is 9.98 Å². The molecule has 0 amide bonds. The lowest BCUT2D eigenvalue weighted by molar-refractivity contribution is -0.108. The molecule has 0 saturated heterocycles. The lowest BCUT2D eigenvalue weighted by Gasteiger charge is -1.84. The molecule has 0 spiro atoms. The van der Waals surface area contributed by atoms with Crippen molar-refractivity contribution in [2.45, 2.75) is 6.17 Å². The molecule has 2 rings (SSSR count). The van der Waals surface area contributed by atoms with E-state index < -0.39 is 6.17 Å². The van der Waals surface area contributed by atoms with Crippen LogP contribution >= 0.6 is 0 Å². The number of para-hydroxylation sites is 2. The Kier molecular flexibility index (Phi) is 1.28. The van der Waals surface area contributed by atoms with Crippen LogP contribution < -0.4 is 10.7 Å². The predicted molar refractivity (Wildman–Crippen MR) is 38.6 cm³/mol. The smallest absolute Gasteiger partial charge is 0.196 e. The minimum atomic E-state index is -0.507. The molecular formula is C8H6N2O. The van der Waals surface area contributed by atoms with Gasteiger partial charge in [-0.15, -0.1) is 0 Å². The Bertz CT molecular complexity index is 362. The van der Waals surface area contributed by atoms with E-state index in [4.69, 9.17) is 0 Å². The van der Waals surface area contributed by atoms with Crippen molar-refractivity contribution in [3.63, 3.8) is 0 Å². The van der Waals surface area contributed by atoms with Crippen molar-refractivity contribution >= 4 is 6.29 Å². The molecule has 11 heavy (non-hydrogen) atoms. The van der Waals surface area contributed by atoms with Gasteiger partial charge in [0, 0.05) is 0 Å². The Morgan fingerprint density at radius 1 is 1.18 bits per heavy atom. The quantitative estimate of drug-likeness (QED) is 0.491. The zero-order chi connectivity index (χ0) is 7.68. The molecule has 0 aromatic heterocycles. The van der Waals surface area contributed by atoms with Gasteiger partial charge in [-0.1, -0.05) is 12.1 Å². The zero-order valence-electron chi connectivity index (χ0n) is 5.77. The van der Waals surface area contributed by atoms with Crippen molar-refractivity contribution in [3.8, 4) is 0 Å². The number of benzene rings is 1. The molecule has 54 valence electrons. The molecule has 0 aliphatic carbocycles. The van der Waals surface area contributed by atoms with Crippen LogP contribution in [0.4, 0.5) is 0 Å². The van der Waals surface area contributed by atoms with Crippen molar-refractivity contribution in [2.75, 3.05) is 0 Å². The van der Waals surface area contributed by atoms with E-state index in [0.717, 1.165) is 17.0 Å². The van der Waals surface area contributed by atoms with Crippen LogP contribution in [0.3, 0.4) is 0 Å². The third-order valence-electron chi connectivity index (χ3n) is 1.55. The summed E-state index contributed by atoms with van der Waals surface area (Å²) in [6.45, 7) is 0. The molecule has 1 aliphatic rings. The number of carbonyl (C=O) groups is 1. The van der Waals surface area contributed by atoms with Crippen LogP contribution in [0.5, 0.6) is 0 Å². The summed E-state index contributed by atoms with van der Waals surface area (Å²) < 4.78 is 0. The molecule has 0 N–H and O–H groups in total. The Morgan fingerprint density at radius 3 is 2.18 bits per heavy atom. The van der Waals surface area contributed by atoms with E-state index in [9.17, 15) is 4.79 Å². The highest BCUT2D eigenvalue weighted by Crippen LogP contribution is 1.89. The van der Waals surface area contributed by atoms with Gasteiger partial charge in [0.2, 0.25) is 0 Å². The molecular weight excluding hydrogens is 140 g/mol. The first-order chi connectivity index (χ1) is 5.40. The maximum Gasteiger partial charge on any atom is 0.196 e. The standard InChI is InChI=1S/C8H6N2O/c11-5-8-9-6-3-1-2-4-7(6)10-8/h1-5,8H. The highest BCUT2D eigenvalue weighted by molar-refractivity contribution is 5.57. The monoisotopic (exact) mass is 146 g/mol. The number of hydrogen-bond donors (Lipinski definition) is 0. The number of fused-ring (bicyclic) bond motifs is 1. The third kappa shape index (κ3) is 0.941. The Hall–Kier alpha value is -1.51. The van der Waals surface area contributed by atoms with Crippen molar-refractivity contribution in [1.29, 1.82) is 0 Å².